The molecule has 1 aromatic carbocycles. The van der Waals surface area contributed by atoms with Gasteiger partial charge in [0.25, 0.3) is 5.91 Å². The zero-order valence-corrected chi connectivity index (χ0v) is 16.3. The molecule has 1 atom stereocenters. The Morgan fingerprint density at radius 1 is 1.30 bits per heavy atom. The molecule has 2 aromatic rings. The summed E-state index contributed by atoms with van der Waals surface area (Å²) in [6, 6.07) is 9.68. The van der Waals surface area contributed by atoms with Crippen LogP contribution in [0.1, 0.15) is 22.3 Å². The van der Waals surface area contributed by atoms with Crippen LogP contribution in [-0.2, 0) is 16.4 Å². The SMILES string of the molecule is NS(=O)(=O)c1ccc(CCNC(=O)c2cccnc2O[C@H]2CCSC2)cc1. The summed E-state index contributed by atoms with van der Waals surface area (Å²) in [6.45, 7) is 0.404. The maximum Gasteiger partial charge on any atom is 0.256 e. The third kappa shape index (κ3) is 5.44. The fourth-order valence-electron chi connectivity index (χ4n) is 2.68. The Morgan fingerprint density at radius 2 is 2.07 bits per heavy atom. The van der Waals surface area contributed by atoms with Gasteiger partial charge >= 0.3 is 0 Å². The zero-order chi connectivity index (χ0) is 19.3. The molecule has 0 bridgehead atoms. The van der Waals surface area contributed by atoms with E-state index < -0.39 is 10.0 Å². The van der Waals surface area contributed by atoms with E-state index in [1.807, 2.05) is 11.8 Å². The van der Waals surface area contributed by atoms with Gasteiger partial charge in [0.2, 0.25) is 15.9 Å². The second kappa shape index (κ2) is 8.73. The average Bonchev–Trinajstić information content (AvgIpc) is 3.15. The fourth-order valence-corrected chi connectivity index (χ4v) is 4.29. The van der Waals surface area contributed by atoms with Crippen molar-refractivity contribution in [3.05, 3.63) is 53.7 Å². The summed E-state index contributed by atoms with van der Waals surface area (Å²) in [6.07, 6.45) is 3.22. The van der Waals surface area contributed by atoms with Crippen molar-refractivity contribution < 1.29 is 17.9 Å². The topological polar surface area (TPSA) is 111 Å². The molecule has 1 saturated heterocycles. The minimum atomic E-state index is -3.70. The molecule has 7 nitrogen and oxygen atoms in total. The van der Waals surface area contributed by atoms with Gasteiger partial charge in [0, 0.05) is 18.5 Å². The highest BCUT2D eigenvalue weighted by molar-refractivity contribution is 7.99. The summed E-state index contributed by atoms with van der Waals surface area (Å²) >= 11 is 1.83. The summed E-state index contributed by atoms with van der Waals surface area (Å²) in [4.78, 5) is 16.8. The number of nitrogens with two attached hydrogens (primary N) is 1. The first-order chi connectivity index (χ1) is 12.9. The number of carbonyl (C=O) groups is 1. The molecule has 0 spiro atoms. The highest BCUT2D eigenvalue weighted by atomic mass is 32.2. The Hall–Kier alpha value is -2.10. The van der Waals surface area contributed by atoms with E-state index >= 15 is 0 Å². The lowest BCUT2D eigenvalue weighted by Gasteiger charge is -2.14. The number of amides is 1. The number of nitrogens with one attached hydrogen (secondary N) is 1. The third-order valence-electron chi connectivity index (χ3n) is 4.13. The van der Waals surface area contributed by atoms with Crippen LogP contribution in [0.25, 0.3) is 0 Å². The molecule has 9 heteroatoms. The average molecular weight is 408 g/mol. The Morgan fingerprint density at radius 3 is 2.74 bits per heavy atom. The van der Waals surface area contributed by atoms with Crippen LogP contribution < -0.4 is 15.2 Å². The first-order valence-corrected chi connectivity index (χ1v) is 11.2. The van der Waals surface area contributed by atoms with E-state index in [9.17, 15) is 13.2 Å². The van der Waals surface area contributed by atoms with Crippen molar-refractivity contribution in [2.45, 2.75) is 23.8 Å². The summed E-state index contributed by atoms with van der Waals surface area (Å²) in [5.74, 6) is 2.08. The van der Waals surface area contributed by atoms with Crippen molar-refractivity contribution in [3.63, 3.8) is 0 Å². The van der Waals surface area contributed by atoms with Crippen LogP contribution in [0.2, 0.25) is 0 Å². The molecule has 27 heavy (non-hydrogen) atoms. The van der Waals surface area contributed by atoms with Crippen molar-refractivity contribution in [2.75, 3.05) is 18.1 Å². The van der Waals surface area contributed by atoms with Gasteiger partial charge in [-0.05, 0) is 48.4 Å². The summed E-state index contributed by atoms with van der Waals surface area (Å²) in [7, 11) is -3.70. The highest BCUT2D eigenvalue weighted by Gasteiger charge is 2.21. The first kappa shape index (κ1) is 19.7. The van der Waals surface area contributed by atoms with Crippen LogP contribution in [0.4, 0.5) is 0 Å². The predicted octanol–water partition coefficient (Wildman–Crippen LogP) is 1.59. The molecule has 1 fully saturated rings. The summed E-state index contributed by atoms with van der Waals surface area (Å²) in [5.41, 5.74) is 1.31. The smallest absolute Gasteiger partial charge is 0.256 e. The van der Waals surface area contributed by atoms with Gasteiger partial charge in [-0.15, -0.1) is 0 Å². The number of sulfonamides is 1. The van der Waals surface area contributed by atoms with E-state index in [1.54, 1.807) is 30.5 Å². The van der Waals surface area contributed by atoms with Gasteiger partial charge in [0.1, 0.15) is 11.7 Å². The number of primary sulfonamides is 1. The normalized spacial score (nSPS) is 16.9. The quantitative estimate of drug-likeness (QED) is 0.721. The molecule has 144 valence electrons. The Kier molecular flexibility index (Phi) is 6.35. The van der Waals surface area contributed by atoms with E-state index in [0.717, 1.165) is 23.5 Å². The third-order valence-corrected chi connectivity index (χ3v) is 6.19. The number of ether oxygens (including phenoxy) is 1. The number of hydrogen-bond donors (Lipinski definition) is 2. The number of rotatable bonds is 7. The van der Waals surface area contributed by atoms with Crippen molar-refractivity contribution in [3.8, 4) is 5.88 Å². The molecule has 2 heterocycles. The molecular weight excluding hydrogens is 386 g/mol. The molecule has 1 aromatic heterocycles. The monoisotopic (exact) mass is 407 g/mol. The second-order valence-corrected chi connectivity index (χ2v) is 8.87. The van der Waals surface area contributed by atoms with Crippen LogP contribution in [0.15, 0.2) is 47.5 Å². The maximum atomic E-state index is 12.5. The lowest BCUT2D eigenvalue weighted by molar-refractivity contribution is 0.0946. The van der Waals surface area contributed by atoms with Crippen LogP contribution >= 0.6 is 11.8 Å². The van der Waals surface area contributed by atoms with Gasteiger partial charge in [-0.25, -0.2) is 18.5 Å². The van der Waals surface area contributed by atoms with E-state index in [4.69, 9.17) is 9.88 Å². The Bertz CT molecular complexity index is 895. The number of carbonyl (C=O) groups excluding carboxylic acids is 1. The number of benzene rings is 1. The standard InChI is InChI=1S/C18H21N3O4S2/c19-27(23,24)15-5-3-13(4-6-15)7-10-20-17(22)16-2-1-9-21-18(16)25-14-8-11-26-12-14/h1-6,9,14H,7-8,10-12H2,(H,20,22)(H2,19,23,24)/t14-/m0/s1. The minimum Gasteiger partial charge on any atom is -0.473 e. The van der Waals surface area contributed by atoms with Crippen LogP contribution in [0.5, 0.6) is 5.88 Å². The Balaban J connectivity index is 1.56. The van der Waals surface area contributed by atoms with Gasteiger partial charge in [-0.2, -0.15) is 11.8 Å². The number of nitrogens with zero attached hydrogens (tertiary/aromatic N) is 1. The number of thioether (sulfide) groups is 1. The van der Waals surface area contributed by atoms with Crippen molar-refractivity contribution in [1.82, 2.24) is 10.3 Å². The second-order valence-electron chi connectivity index (χ2n) is 6.15. The van der Waals surface area contributed by atoms with E-state index in [0.29, 0.717) is 24.4 Å². The first-order valence-electron chi connectivity index (χ1n) is 8.53. The molecular formula is C18H21N3O4S2. The summed E-state index contributed by atoms with van der Waals surface area (Å²) < 4.78 is 28.4. The number of aromatic nitrogens is 1. The molecule has 0 unspecified atom stereocenters. The number of pyridine rings is 1. The van der Waals surface area contributed by atoms with Crippen LogP contribution in [0.3, 0.4) is 0 Å². The molecule has 1 aliphatic heterocycles. The molecule has 3 N–H and O–H groups in total. The number of hydrogen-bond acceptors (Lipinski definition) is 6. The predicted molar refractivity (Wildman–Crippen MR) is 104 cm³/mol. The lowest BCUT2D eigenvalue weighted by atomic mass is 10.1. The molecule has 0 aliphatic carbocycles. The lowest BCUT2D eigenvalue weighted by Crippen LogP contribution is -2.27. The highest BCUT2D eigenvalue weighted by Crippen LogP contribution is 2.24. The van der Waals surface area contributed by atoms with Gasteiger partial charge in [-0.1, -0.05) is 12.1 Å². The van der Waals surface area contributed by atoms with E-state index in [2.05, 4.69) is 10.3 Å². The van der Waals surface area contributed by atoms with Gasteiger partial charge < -0.3 is 10.1 Å². The maximum absolute atomic E-state index is 12.5. The zero-order valence-electron chi connectivity index (χ0n) is 14.6. The van der Waals surface area contributed by atoms with Gasteiger partial charge in [0.05, 0.1) is 4.90 Å². The van der Waals surface area contributed by atoms with Crippen molar-refractivity contribution in [2.24, 2.45) is 5.14 Å². The fraction of sp³-hybridized carbons (Fsp3) is 0.333. The molecule has 0 radical (unpaired) electrons. The molecule has 1 aliphatic rings. The van der Waals surface area contributed by atoms with Crippen LogP contribution in [0, 0.1) is 0 Å². The largest absolute Gasteiger partial charge is 0.473 e. The van der Waals surface area contributed by atoms with Crippen molar-refractivity contribution in [1.29, 1.82) is 0 Å². The van der Waals surface area contributed by atoms with E-state index in [1.165, 1.54) is 12.1 Å². The Labute approximate surface area is 162 Å². The van der Waals surface area contributed by atoms with E-state index in [-0.39, 0.29) is 16.9 Å². The molecule has 1 amide bonds. The van der Waals surface area contributed by atoms with Crippen LogP contribution in [-0.4, -0.2) is 43.5 Å². The molecule has 3 rings (SSSR count). The summed E-state index contributed by atoms with van der Waals surface area (Å²) in [5, 5.41) is 7.93. The minimum absolute atomic E-state index is 0.0671. The molecule has 0 saturated carbocycles. The van der Waals surface area contributed by atoms with Crippen molar-refractivity contribution >= 4 is 27.7 Å². The van der Waals surface area contributed by atoms with Gasteiger partial charge in [-0.3, -0.25) is 4.79 Å². The van der Waals surface area contributed by atoms with Gasteiger partial charge in [0.15, 0.2) is 0 Å².